The highest BCUT2D eigenvalue weighted by Crippen LogP contribution is 2.34. The summed E-state index contributed by atoms with van der Waals surface area (Å²) >= 11 is 0. The van der Waals surface area contributed by atoms with E-state index >= 15 is 0 Å². The standard InChI is InChI=1S/C13H16FNO2/c1-9-5-12(15(7-9)8-13(16)17)10-3-2-4-11(14)6-10/h2-4,6,9,12H,5,7-8H2,1H3,(H,16,17)/t9-,12-/m1/s1. The van der Waals surface area contributed by atoms with Crippen LogP contribution in [0.3, 0.4) is 0 Å². The summed E-state index contributed by atoms with van der Waals surface area (Å²) in [5.74, 6) is -0.652. The molecule has 1 aliphatic rings. The van der Waals surface area contributed by atoms with Gasteiger partial charge in [-0.1, -0.05) is 19.1 Å². The first-order chi connectivity index (χ1) is 8.06. The number of carboxylic acid groups (broad SMARTS) is 1. The molecule has 1 N–H and O–H groups in total. The molecule has 2 rings (SSSR count). The van der Waals surface area contributed by atoms with Crippen LogP contribution in [-0.4, -0.2) is 29.1 Å². The zero-order valence-electron chi connectivity index (χ0n) is 9.77. The van der Waals surface area contributed by atoms with Crippen molar-refractivity contribution in [3.63, 3.8) is 0 Å². The molecule has 1 heterocycles. The van der Waals surface area contributed by atoms with Crippen LogP contribution in [0.25, 0.3) is 0 Å². The zero-order chi connectivity index (χ0) is 12.4. The first-order valence-electron chi connectivity index (χ1n) is 5.77. The molecule has 1 aromatic carbocycles. The van der Waals surface area contributed by atoms with E-state index in [1.165, 1.54) is 12.1 Å². The number of halogens is 1. The fraction of sp³-hybridized carbons (Fsp3) is 0.462. The molecule has 0 amide bonds. The highest BCUT2D eigenvalue weighted by molar-refractivity contribution is 5.69. The second-order valence-corrected chi connectivity index (χ2v) is 4.73. The van der Waals surface area contributed by atoms with Crippen LogP contribution in [0, 0.1) is 11.7 Å². The van der Waals surface area contributed by atoms with Gasteiger partial charge in [-0.05, 0) is 30.0 Å². The number of carboxylic acids is 1. The molecular formula is C13H16FNO2. The fourth-order valence-corrected chi connectivity index (χ4v) is 2.54. The maximum atomic E-state index is 13.2. The van der Waals surface area contributed by atoms with E-state index in [9.17, 15) is 9.18 Å². The number of nitrogens with zero attached hydrogens (tertiary/aromatic N) is 1. The molecule has 2 atom stereocenters. The molecule has 0 bridgehead atoms. The lowest BCUT2D eigenvalue weighted by atomic mass is 10.0. The highest BCUT2D eigenvalue weighted by Gasteiger charge is 2.31. The van der Waals surface area contributed by atoms with Gasteiger partial charge < -0.3 is 5.11 Å². The Hall–Kier alpha value is -1.42. The van der Waals surface area contributed by atoms with Crippen molar-refractivity contribution in [1.29, 1.82) is 0 Å². The maximum absolute atomic E-state index is 13.2. The Kier molecular flexibility index (Phi) is 3.43. The van der Waals surface area contributed by atoms with Gasteiger partial charge in [-0.15, -0.1) is 0 Å². The number of carbonyl (C=O) groups is 1. The molecule has 1 saturated heterocycles. The van der Waals surface area contributed by atoms with Crippen LogP contribution in [0.15, 0.2) is 24.3 Å². The number of rotatable bonds is 3. The van der Waals surface area contributed by atoms with E-state index in [1.807, 2.05) is 11.0 Å². The van der Waals surface area contributed by atoms with Crippen molar-refractivity contribution in [2.45, 2.75) is 19.4 Å². The summed E-state index contributed by atoms with van der Waals surface area (Å²) < 4.78 is 13.2. The van der Waals surface area contributed by atoms with E-state index in [2.05, 4.69) is 6.92 Å². The summed E-state index contributed by atoms with van der Waals surface area (Å²) in [6, 6.07) is 6.46. The van der Waals surface area contributed by atoms with Crippen LogP contribution >= 0.6 is 0 Å². The second-order valence-electron chi connectivity index (χ2n) is 4.73. The second kappa shape index (κ2) is 4.84. The van der Waals surface area contributed by atoms with Gasteiger partial charge in [-0.25, -0.2) is 4.39 Å². The predicted molar refractivity (Wildman–Crippen MR) is 62.1 cm³/mol. The van der Waals surface area contributed by atoms with Crippen molar-refractivity contribution >= 4 is 5.97 Å². The molecule has 0 aromatic heterocycles. The molecule has 0 saturated carbocycles. The molecule has 0 aliphatic carbocycles. The average molecular weight is 237 g/mol. The van der Waals surface area contributed by atoms with Gasteiger partial charge in [0.15, 0.2) is 0 Å². The molecule has 1 aliphatic heterocycles. The Labute approximate surface area is 99.9 Å². The van der Waals surface area contributed by atoms with Gasteiger partial charge >= 0.3 is 5.97 Å². The van der Waals surface area contributed by atoms with E-state index in [-0.39, 0.29) is 18.4 Å². The van der Waals surface area contributed by atoms with E-state index in [1.54, 1.807) is 6.07 Å². The van der Waals surface area contributed by atoms with E-state index in [0.29, 0.717) is 5.92 Å². The first kappa shape index (κ1) is 12.0. The fourth-order valence-electron chi connectivity index (χ4n) is 2.54. The lowest BCUT2D eigenvalue weighted by molar-refractivity contribution is -0.138. The summed E-state index contributed by atoms with van der Waals surface area (Å²) in [5, 5.41) is 8.86. The van der Waals surface area contributed by atoms with Gasteiger partial charge in [-0.2, -0.15) is 0 Å². The minimum Gasteiger partial charge on any atom is -0.480 e. The van der Waals surface area contributed by atoms with Crippen LogP contribution in [-0.2, 0) is 4.79 Å². The summed E-state index contributed by atoms with van der Waals surface area (Å²) in [4.78, 5) is 12.7. The Morgan fingerprint density at radius 3 is 3.00 bits per heavy atom. The van der Waals surface area contributed by atoms with Gasteiger partial charge in [0.25, 0.3) is 0 Å². The van der Waals surface area contributed by atoms with Crippen LogP contribution in [0.1, 0.15) is 24.9 Å². The van der Waals surface area contributed by atoms with Gasteiger partial charge in [-0.3, -0.25) is 9.69 Å². The van der Waals surface area contributed by atoms with Crippen molar-refractivity contribution in [2.24, 2.45) is 5.92 Å². The van der Waals surface area contributed by atoms with E-state index < -0.39 is 5.97 Å². The first-order valence-corrected chi connectivity index (χ1v) is 5.77. The lowest BCUT2D eigenvalue weighted by Crippen LogP contribution is -2.29. The molecule has 4 heteroatoms. The Morgan fingerprint density at radius 1 is 1.59 bits per heavy atom. The van der Waals surface area contributed by atoms with Gasteiger partial charge in [0.1, 0.15) is 5.82 Å². The van der Waals surface area contributed by atoms with Crippen molar-refractivity contribution in [3.8, 4) is 0 Å². The smallest absolute Gasteiger partial charge is 0.317 e. The summed E-state index contributed by atoms with van der Waals surface area (Å²) in [6.45, 7) is 2.87. The minimum atomic E-state index is -0.833. The van der Waals surface area contributed by atoms with Crippen LogP contribution < -0.4 is 0 Å². The van der Waals surface area contributed by atoms with Crippen molar-refractivity contribution in [3.05, 3.63) is 35.6 Å². The number of hydrogen-bond acceptors (Lipinski definition) is 2. The number of aliphatic carboxylic acids is 1. The lowest BCUT2D eigenvalue weighted by Gasteiger charge is -2.22. The third-order valence-electron chi connectivity index (χ3n) is 3.18. The molecular weight excluding hydrogens is 221 g/mol. The van der Waals surface area contributed by atoms with Crippen molar-refractivity contribution in [2.75, 3.05) is 13.1 Å². The normalized spacial score (nSPS) is 25.1. The van der Waals surface area contributed by atoms with E-state index in [0.717, 1.165) is 18.5 Å². The molecule has 3 nitrogen and oxygen atoms in total. The van der Waals surface area contributed by atoms with Crippen LogP contribution in [0.2, 0.25) is 0 Å². The van der Waals surface area contributed by atoms with Gasteiger partial charge in [0.05, 0.1) is 6.54 Å². The molecule has 0 unspecified atom stereocenters. The minimum absolute atomic E-state index is 0.0194. The number of hydrogen-bond donors (Lipinski definition) is 1. The van der Waals surface area contributed by atoms with Gasteiger partial charge in [0.2, 0.25) is 0 Å². The van der Waals surface area contributed by atoms with E-state index in [4.69, 9.17) is 5.11 Å². The molecule has 1 fully saturated rings. The largest absolute Gasteiger partial charge is 0.480 e. The molecule has 0 spiro atoms. The van der Waals surface area contributed by atoms with Gasteiger partial charge in [0, 0.05) is 12.6 Å². The quantitative estimate of drug-likeness (QED) is 0.876. The predicted octanol–water partition coefficient (Wildman–Crippen LogP) is 2.29. The molecule has 1 aromatic rings. The monoisotopic (exact) mass is 237 g/mol. The van der Waals surface area contributed by atoms with Crippen molar-refractivity contribution < 1.29 is 14.3 Å². The Bertz CT molecular complexity index is 422. The third kappa shape index (κ3) is 2.82. The topological polar surface area (TPSA) is 40.5 Å². The van der Waals surface area contributed by atoms with Crippen LogP contribution in [0.5, 0.6) is 0 Å². The Morgan fingerprint density at radius 2 is 2.35 bits per heavy atom. The maximum Gasteiger partial charge on any atom is 0.317 e. The van der Waals surface area contributed by atoms with Crippen molar-refractivity contribution in [1.82, 2.24) is 4.90 Å². The zero-order valence-corrected chi connectivity index (χ0v) is 9.77. The highest BCUT2D eigenvalue weighted by atomic mass is 19.1. The molecule has 0 radical (unpaired) electrons. The molecule has 92 valence electrons. The van der Waals surface area contributed by atoms with Crippen LogP contribution in [0.4, 0.5) is 4.39 Å². The summed E-state index contributed by atoms with van der Waals surface area (Å²) in [5.41, 5.74) is 0.871. The average Bonchev–Trinajstić information content (AvgIpc) is 2.58. The third-order valence-corrected chi connectivity index (χ3v) is 3.18. The summed E-state index contributed by atoms with van der Waals surface area (Å²) in [6.07, 6.45) is 0.886. The number of likely N-dealkylation sites (tertiary alicyclic amines) is 1. The Balaban J connectivity index is 2.20. The SMILES string of the molecule is C[C@@H]1C[C@H](c2cccc(F)c2)N(CC(=O)O)C1. The molecule has 17 heavy (non-hydrogen) atoms. The summed E-state index contributed by atoms with van der Waals surface area (Å²) in [7, 11) is 0. The number of benzene rings is 1.